The number of amides is 1. The molecule has 0 N–H and O–H groups in total. The fourth-order valence-electron chi connectivity index (χ4n) is 3.17. The Balaban J connectivity index is 1.78. The Bertz CT molecular complexity index is 1120. The number of allylic oxidation sites excluding steroid dienone is 1. The SMILES string of the molecule is C=CCn1c(=NC(=O)c2ccc3c(c2)OCCO3)sc2cc(C(C)C)ccc21. The number of ether oxygens (including phenoxy) is 2. The van der Waals surface area contributed by atoms with Crippen molar-refractivity contribution in [2.45, 2.75) is 26.3 Å². The highest BCUT2D eigenvalue weighted by Gasteiger charge is 2.15. The molecular weight excluding hydrogens is 372 g/mol. The smallest absolute Gasteiger partial charge is 0.279 e. The molecule has 0 bridgehead atoms. The minimum absolute atomic E-state index is 0.301. The molecule has 0 aliphatic carbocycles. The third-order valence-corrected chi connectivity index (χ3v) is 5.71. The lowest BCUT2D eigenvalue weighted by atomic mass is 10.0. The monoisotopic (exact) mass is 394 g/mol. The fraction of sp³-hybridized carbons (Fsp3) is 0.273. The average Bonchev–Trinajstić information content (AvgIpc) is 3.04. The zero-order chi connectivity index (χ0) is 19.7. The van der Waals surface area contributed by atoms with Gasteiger partial charge < -0.3 is 14.0 Å². The summed E-state index contributed by atoms with van der Waals surface area (Å²) < 4.78 is 14.2. The summed E-state index contributed by atoms with van der Waals surface area (Å²) in [6.45, 7) is 9.77. The van der Waals surface area contributed by atoms with Gasteiger partial charge in [0.1, 0.15) is 13.2 Å². The standard InChI is InChI=1S/C22H22N2O3S/c1-4-9-24-17-7-5-15(14(2)3)13-20(17)28-22(24)23-21(25)16-6-8-18-19(12-16)27-11-10-26-18/h4-8,12-14H,1,9-11H2,2-3H3. The molecule has 0 unspecified atom stereocenters. The maximum absolute atomic E-state index is 12.8. The molecule has 144 valence electrons. The van der Waals surface area contributed by atoms with Gasteiger partial charge in [-0.25, -0.2) is 0 Å². The molecule has 1 aliphatic rings. The predicted molar refractivity (Wildman–Crippen MR) is 111 cm³/mol. The minimum atomic E-state index is -0.301. The van der Waals surface area contributed by atoms with Crippen LogP contribution in [0.4, 0.5) is 0 Å². The first-order valence-electron chi connectivity index (χ1n) is 9.29. The van der Waals surface area contributed by atoms with Crippen LogP contribution in [0.1, 0.15) is 35.7 Å². The van der Waals surface area contributed by atoms with Crippen molar-refractivity contribution in [2.75, 3.05) is 13.2 Å². The Labute approximate surface area is 167 Å². The first-order valence-corrected chi connectivity index (χ1v) is 10.1. The Hall–Kier alpha value is -2.86. The van der Waals surface area contributed by atoms with Gasteiger partial charge in [-0.05, 0) is 41.8 Å². The molecule has 5 nitrogen and oxygen atoms in total. The van der Waals surface area contributed by atoms with Gasteiger partial charge in [0, 0.05) is 12.1 Å². The zero-order valence-electron chi connectivity index (χ0n) is 16.0. The molecule has 0 saturated carbocycles. The van der Waals surface area contributed by atoms with E-state index in [0.717, 1.165) is 10.2 Å². The Morgan fingerprint density at radius 3 is 2.75 bits per heavy atom. The van der Waals surface area contributed by atoms with Crippen molar-refractivity contribution in [1.82, 2.24) is 4.57 Å². The summed E-state index contributed by atoms with van der Waals surface area (Å²) in [5.74, 6) is 1.39. The van der Waals surface area contributed by atoms with Gasteiger partial charge in [0.2, 0.25) is 0 Å². The van der Waals surface area contributed by atoms with Crippen LogP contribution in [-0.2, 0) is 6.54 Å². The third kappa shape index (κ3) is 3.47. The summed E-state index contributed by atoms with van der Waals surface area (Å²) in [5.41, 5.74) is 2.81. The van der Waals surface area contributed by atoms with Gasteiger partial charge in [-0.15, -0.1) is 6.58 Å². The summed E-state index contributed by atoms with van der Waals surface area (Å²) in [6, 6.07) is 11.6. The number of aromatic nitrogens is 1. The van der Waals surface area contributed by atoms with Crippen LogP contribution in [0.3, 0.4) is 0 Å². The number of carbonyl (C=O) groups excluding carboxylic acids is 1. The van der Waals surface area contributed by atoms with Gasteiger partial charge in [-0.2, -0.15) is 4.99 Å². The maximum atomic E-state index is 12.8. The molecule has 1 amide bonds. The van der Waals surface area contributed by atoms with E-state index in [1.807, 2.05) is 10.6 Å². The molecule has 0 fully saturated rings. The van der Waals surface area contributed by atoms with Gasteiger partial charge in [-0.1, -0.05) is 37.3 Å². The molecule has 28 heavy (non-hydrogen) atoms. The van der Waals surface area contributed by atoms with E-state index in [1.165, 1.54) is 16.9 Å². The molecular formula is C22H22N2O3S. The van der Waals surface area contributed by atoms with Crippen LogP contribution in [0.15, 0.2) is 54.0 Å². The number of thiazole rings is 1. The second-order valence-electron chi connectivity index (χ2n) is 6.94. The predicted octanol–water partition coefficient (Wildman–Crippen LogP) is 4.52. The van der Waals surface area contributed by atoms with Crippen molar-refractivity contribution in [3.05, 3.63) is 65.0 Å². The highest BCUT2D eigenvalue weighted by molar-refractivity contribution is 7.16. The Morgan fingerprint density at radius 2 is 2.00 bits per heavy atom. The van der Waals surface area contributed by atoms with Crippen molar-refractivity contribution >= 4 is 27.5 Å². The topological polar surface area (TPSA) is 52.8 Å². The Kier molecular flexibility index (Phi) is 5.05. The van der Waals surface area contributed by atoms with Crippen LogP contribution in [0.2, 0.25) is 0 Å². The molecule has 3 aromatic rings. The normalized spacial score (nSPS) is 13.9. The summed E-state index contributed by atoms with van der Waals surface area (Å²) in [7, 11) is 0. The maximum Gasteiger partial charge on any atom is 0.279 e. The van der Waals surface area contributed by atoms with Crippen LogP contribution in [0.5, 0.6) is 11.5 Å². The molecule has 6 heteroatoms. The van der Waals surface area contributed by atoms with Crippen LogP contribution in [0.25, 0.3) is 10.2 Å². The zero-order valence-corrected chi connectivity index (χ0v) is 16.8. The summed E-state index contributed by atoms with van der Waals surface area (Å²) in [6.07, 6.45) is 1.82. The van der Waals surface area contributed by atoms with Crippen molar-refractivity contribution in [3.63, 3.8) is 0 Å². The van der Waals surface area contributed by atoms with Crippen LogP contribution >= 0.6 is 11.3 Å². The lowest BCUT2D eigenvalue weighted by Gasteiger charge is -2.18. The van der Waals surface area contributed by atoms with E-state index in [2.05, 4.69) is 43.6 Å². The van der Waals surface area contributed by atoms with Crippen LogP contribution in [0, 0.1) is 0 Å². The summed E-state index contributed by atoms with van der Waals surface area (Å²) in [4.78, 5) is 17.9. The number of rotatable bonds is 4. The second kappa shape index (κ2) is 7.64. The van der Waals surface area contributed by atoms with Gasteiger partial charge in [0.25, 0.3) is 5.91 Å². The number of carbonyl (C=O) groups is 1. The number of benzene rings is 2. The molecule has 2 heterocycles. The molecule has 0 spiro atoms. The largest absolute Gasteiger partial charge is 0.486 e. The van der Waals surface area contributed by atoms with Crippen molar-refractivity contribution in [2.24, 2.45) is 4.99 Å². The highest BCUT2D eigenvalue weighted by atomic mass is 32.1. The number of nitrogens with zero attached hydrogens (tertiary/aromatic N) is 2. The van der Waals surface area contributed by atoms with Gasteiger partial charge in [-0.3, -0.25) is 4.79 Å². The van der Waals surface area contributed by atoms with E-state index in [4.69, 9.17) is 9.47 Å². The van der Waals surface area contributed by atoms with E-state index in [9.17, 15) is 4.79 Å². The van der Waals surface area contributed by atoms with Gasteiger partial charge >= 0.3 is 0 Å². The van der Waals surface area contributed by atoms with Crippen LogP contribution < -0.4 is 14.3 Å². The van der Waals surface area contributed by atoms with E-state index >= 15 is 0 Å². The first-order chi connectivity index (χ1) is 13.6. The van der Waals surface area contributed by atoms with E-state index < -0.39 is 0 Å². The third-order valence-electron chi connectivity index (χ3n) is 4.67. The molecule has 0 atom stereocenters. The average molecular weight is 394 g/mol. The molecule has 1 aliphatic heterocycles. The number of fused-ring (bicyclic) bond motifs is 2. The second-order valence-corrected chi connectivity index (χ2v) is 7.95. The minimum Gasteiger partial charge on any atom is -0.486 e. The van der Waals surface area contributed by atoms with Gasteiger partial charge in [0.05, 0.1) is 10.2 Å². The van der Waals surface area contributed by atoms with Crippen LogP contribution in [-0.4, -0.2) is 23.7 Å². The van der Waals surface area contributed by atoms with Gasteiger partial charge in [0.15, 0.2) is 16.3 Å². The van der Waals surface area contributed by atoms with E-state index in [1.54, 1.807) is 18.2 Å². The number of hydrogen-bond acceptors (Lipinski definition) is 4. The van der Waals surface area contributed by atoms with E-state index in [-0.39, 0.29) is 5.91 Å². The van der Waals surface area contributed by atoms with Crippen molar-refractivity contribution in [1.29, 1.82) is 0 Å². The fourth-order valence-corrected chi connectivity index (χ4v) is 4.25. The Morgan fingerprint density at radius 1 is 1.21 bits per heavy atom. The number of hydrogen-bond donors (Lipinski definition) is 0. The molecule has 1 aromatic heterocycles. The van der Waals surface area contributed by atoms with Crippen molar-refractivity contribution < 1.29 is 14.3 Å². The molecule has 2 aromatic carbocycles. The highest BCUT2D eigenvalue weighted by Crippen LogP contribution is 2.31. The molecule has 0 radical (unpaired) electrons. The molecule has 0 saturated heterocycles. The van der Waals surface area contributed by atoms with Crippen molar-refractivity contribution in [3.8, 4) is 11.5 Å². The lowest BCUT2D eigenvalue weighted by Crippen LogP contribution is -2.17. The quantitative estimate of drug-likeness (QED) is 0.611. The summed E-state index contributed by atoms with van der Waals surface area (Å²) >= 11 is 1.52. The lowest BCUT2D eigenvalue weighted by molar-refractivity contribution is 0.0996. The first kappa shape index (κ1) is 18.5. The molecule has 4 rings (SSSR count). The van der Waals surface area contributed by atoms with E-state index in [0.29, 0.717) is 47.5 Å². The summed E-state index contributed by atoms with van der Waals surface area (Å²) in [5, 5.41) is 0.